The van der Waals surface area contributed by atoms with Crippen LogP contribution in [0.4, 0.5) is 5.13 Å². The van der Waals surface area contributed by atoms with Gasteiger partial charge in [0.05, 0.1) is 7.11 Å². The molecule has 104 valence electrons. The van der Waals surface area contributed by atoms with Crippen LogP contribution in [-0.4, -0.2) is 37.1 Å². The van der Waals surface area contributed by atoms with E-state index in [1.165, 1.54) is 18.4 Å². The van der Waals surface area contributed by atoms with Crippen LogP contribution in [0.2, 0.25) is 5.15 Å². The number of rotatable bonds is 3. The first-order valence-electron chi connectivity index (χ1n) is 5.81. The van der Waals surface area contributed by atoms with E-state index in [0.29, 0.717) is 35.9 Å². The normalized spacial score (nSPS) is 16.4. The summed E-state index contributed by atoms with van der Waals surface area (Å²) < 4.78 is 4.63. The number of hydrogen-bond acceptors (Lipinski definition) is 6. The van der Waals surface area contributed by atoms with Crippen molar-refractivity contribution in [3.63, 3.8) is 0 Å². The van der Waals surface area contributed by atoms with Gasteiger partial charge in [0.15, 0.2) is 15.2 Å². The minimum absolute atomic E-state index is 0.0771. The monoisotopic (exact) mass is 303 g/mol. The average Bonchev–Trinajstić information content (AvgIpc) is 2.80. The summed E-state index contributed by atoms with van der Waals surface area (Å²) in [7, 11) is 1.30. The number of halogens is 1. The summed E-state index contributed by atoms with van der Waals surface area (Å²) in [6.45, 7) is 1.36. The predicted octanol–water partition coefficient (Wildman–Crippen LogP) is 1.28. The number of nitrogens with two attached hydrogens (primary N) is 1. The number of nitrogens with zero attached hydrogens (tertiary/aromatic N) is 2. The Hall–Kier alpha value is -1.34. The third kappa shape index (κ3) is 2.98. The first-order chi connectivity index (χ1) is 9.02. The summed E-state index contributed by atoms with van der Waals surface area (Å²) in [6, 6.07) is 0. The van der Waals surface area contributed by atoms with Gasteiger partial charge < -0.3 is 15.4 Å². The number of esters is 1. The van der Waals surface area contributed by atoms with Gasteiger partial charge in [-0.2, -0.15) is 0 Å². The molecule has 19 heavy (non-hydrogen) atoms. The van der Waals surface area contributed by atoms with Gasteiger partial charge >= 0.3 is 5.97 Å². The summed E-state index contributed by atoms with van der Waals surface area (Å²) >= 11 is 7.12. The van der Waals surface area contributed by atoms with E-state index in [2.05, 4.69) is 9.72 Å². The van der Waals surface area contributed by atoms with Crippen molar-refractivity contribution >= 4 is 39.9 Å². The second-order valence-electron chi connectivity index (χ2n) is 4.27. The van der Waals surface area contributed by atoms with Crippen molar-refractivity contribution in [1.29, 1.82) is 0 Å². The van der Waals surface area contributed by atoms with Crippen molar-refractivity contribution in [1.82, 2.24) is 4.98 Å². The highest BCUT2D eigenvalue weighted by Crippen LogP contribution is 2.32. The van der Waals surface area contributed by atoms with Crippen LogP contribution in [0.5, 0.6) is 0 Å². The van der Waals surface area contributed by atoms with Gasteiger partial charge in [-0.3, -0.25) is 4.79 Å². The summed E-state index contributed by atoms with van der Waals surface area (Å²) in [5.41, 5.74) is 5.28. The first kappa shape index (κ1) is 14.1. The molecule has 1 aromatic heterocycles. The Balaban J connectivity index is 2.08. The molecule has 1 aliphatic rings. The fourth-order valence-corrected chi connectivity index (χ4v) is 3.25. The van der Waals surface area contributed by atoms with Gasteiger partial charge in [0.2, 0.25) is 5.91 Å². The molecule has 0 unspecified atom stereocenters. The Morgan fingerprint density at radius 1 is 1.47 bits per heavy atom. The molecule has 8 heteroatoms. The Morgan fingerprint density at radius 3 is 2.63 bits per heavy atom. The van der Waals surface area contributed by atoms with Crippen molar-refractivity contribution in [2.24, 2.45) is 11.7 Å². The number of amides is 1. The van der Waals surface area contributed by atoms with Gasteiger partial charge in [-0.15, -0.1) is 0 Å². The third-order valence-electron chi connectivity index (χ3n) is 3.11. The summed E-state index contributed by atoms with van der Waals surface area (Å²) in [4.78, 5) is 29.0. The number of carbonyl (C=O) groups excluding carboxylic acids is 2. The molecule has 1 aromatic rings. The van der Waals surface area contributed by atoms with Crippen LogP contribution in [0.25, 0.3) is 0 Å². The minimum Gasteiger partial charge on any atom is -0.465 e. The van der Waals surface area contributed by atoms with Gasteiger partial charge in [0, 0.05) is 19.0 Å². The van der Waals surface area contributed by atoms with E-state index in [1.54, 1.807) is 0 Å². The molecule has 0 aliphatic carbocycles. The molecule has 0 aromatic carbocycles. The van der Waals surface area contributed by atoms with Crippen LogP contribution in [0, 0.1) is 5.92 Å². The average molecular weight is 304 g/mol. The zero-order chi connectivity index (χ0) is 14.0. The molecule has 2 heterocycles. The highest BCUT2D eigenvalue weighted by Gasteiger charge is 2.26. The molecule has 0 bridgehead atoms. The highest BCUT2D eigenvalue weighted by molar-refractivity contribution is 7.18. The van der Waals surface area contributed by atoms with Crippen LogP contribution < -0.4 is 10.6 Å². The van der Waals surface area contributed by atoms with Gasteiger partial charge in [-0.1, -0.05) is 22.9 Å². The fourth-order valence-electron chi connectivity index (χ4n) is 2.00. The number of carbonyl (C=O) groups is 2. The zero-order valence-electron chi connectivity index (χ0n) is 10.4. The lowest BCUT2D eigenvalue weighted by Gasteiger charge is -2.30. The highest BCUT2D eigenvalue weighted by atomic mass is 35.5. The minimum atomic E-state index is -0.485. The number of hydrogen-bond donors (Lipinski definition) is 1. The molecule has 0 spiro atoms. The standard InChI is InChI=1S/C11H14ClN3O3S/c1-18-10(17)7-8(12)14-11(19-7)15-4-2-6(3-5-15)9(13)16/h6H,2-5H2,1H3,(H2,13,16). The van der Waals surface area contributed by atoms with Crippen molar-refractivity contribution in [2.45, 2.75) is 12.8 Å². The Kier molecular flexibility index (Phi) is 4.26. The summed E-state index contributed by atoms with van der Waals surface area (Å²) in [5.74, 6) is -0.820. The van der Waals surface area contributed by atoms with Crippen molar-refractivity contribution < 1.29 is 14.3 Å². The second kappa shape index (κ2) is 5.75. The van der Waals surface area contributed by atoms with Crippen LogP contribution in [0.15, 0.2) is 0 Å². The predicted molar refractivity (Wildman–Crippen MR) is 72.6 cm³/mol. The second-order valence-corrected chi connectivity index (χ2v) is 5.61. The molecule has 2 rings (SSSR count). The number of ether oxygens (including phenoxy) is 1. The summed E-state index contributed by atoms with van der Waals surface area (Å²) in [5, 5.41) is 0.831. The molecule has 1 fully saturated rings. The number of methoxy groups -OCH3 is 1. The summed E-state index contributed by atoms with van der Waals surface area (Å²) in [6.07, 6.45) is 1.39. The van der Waals surface area contributed by atoms with E-state index >= 15 is 0 Å². The maximum absolute atomic E-state index is 11.5. The Labute approximate surface area is 119 Å². The van der Waals surface area contributed by atoms with E-state index in [-0.39, 0.29) is 17.0 Å². The Morgan fingerprint density at radius 2 is 2.11 bits per heavy atom. The van der Waals surface area contributed by atoms with Crippen LogP contribution in [-0.2, 0) is 9.53 Å². The maximum Gasteiger partial charge on any atom is 0.351 e. The number of primary amides is 1. The van der Waals surface area contributed by atoms with Crippen molar-refractivity contribution in [2.75, 3.05) is 25.1 Å². The largest absolute Gasteiger partial charge is 0.465 e. The number of anilines is 1. The molecular weight excluding hydrogens is 290 g/mol. The van der Waals surface area contributed by atoms with Crippen LogP contribution >= 0.6 is 22.9 Å². The first-order valence-corrected chi connectivity index (χ1v) is 7.01. The van der Waals surface area contributed by atoms with E-state index in [0.717, 1.165) is 0 Å². The van der Waals surface area contributed by atoms with Gasteiger partial charge in [-0.25, -0.2) is 9.78 Å². The molecule has 1 aliphatic heterocycles. The molecule has 0 saturated carbocycles. The number of aromatic nitrogens is 1. The Bertz CT molecular complexity index is 497. The van der Waals surface area contributed by atoms with E-state index in [9.17, 15) is 9.59 Å². The maximum atomic E-state index is 11.5. The fraction of sp³-hybridized carbons (Fsp3) is 0.545. The van der Waals surface area contributed by atoms with Crippen molar-refractivity contribution in [3.8, 4) is 0 Å². The van der Waals surface area contributed by atoms with E-state index < -0.39 is 5.97 Å². The van der Waals surface area contributed by atoms with E-state index in [1.807, 2.05) is 4.90 Å². The van der Waals surface area contributed by atoms with Gasteiger partial charge in [-0.05, 0) is 12.8 Å². The molecule has 2 N–H and O–H groups in total. The molecule has 0 atom stereocenters. The van der Waals surface area contributed by atoms with Gasteiger partial charge in [0.25, 0.3) is 0 Å². The quantitative estimate of drug-likeness (QED) is 0.850. The molecular formula is C11H14ClN3O3S. The third-order valence-corrected chi connectivity index (χ3v) is 4.59. The molecule has 0 radical (unpaired) electrons. The smallest absolute Gasteiger partial charge is 0.351 e. The lowest BCUT2D eigenvalue weighted by molar-refractivity contribution is -0.122. The lowest BCUT2D eigenvalue weighted by Crippen LogP contribution is -2.38. The van der Waals surface area contributed by atoms with E-state index in [4.69, 9.17) is 17.3 Å². The zero-order valence-corrected chi connectivity index (χ0v) is 12.0. The number of thiazole rings is 1. The lowest BCUT2D eigenvalue weighted by atomic mass is 9.97. The van der Waals surface area contributed by atoms with Crippen molar-refractivity contribution in [3.05, 3.63) is 10.0 Å². The topological polar surface area (TPSA) is 85.5 Å². The van der Waals surface area contributed by atoms with Gasteiger partial charge in [0.1, 0.15) is 0 Å². The number of piperidine rings is 1. The molecule has 1 amide bonds. The molecule has 6 nitrogen and oxygen atoms in total. The van der Waals surface area contributed by atoms with Crippen LogP contribution in [0.3, 0.4) is 0 Å². The SMILES string of the molecule is COC(=O)c1sc(N2CCC(C(N)=O)CC2)nc1Cl. The van der Waals surface area contributed by atoms with Crippen LogP contribution in [0.1, 0.15) is 22.5 Å². The molecule has 1 saturated heterocycles.